The van der Waals surface area contributed by atoms with Crippen molar-refractivity contribution in [2.24, 2.45) is 0 Å². The van der Waals surface area contributed by atoms with Crippen molar-refractivity contribution >= 4 is 17.6 Å². The predicted octanol–water partition coefficient (Wildman–Crippen LogP) is 1.51. The fourth-order valence-electron chi connectivity index (χ4n) is 1.57. The largest absolute Gasteiger partial charge is 0.384 e. The van der Waals surface area contributed by atoms with Crippen LogP contribution in [0, 0.1) is 0 Å². The van der Waals surface area contributed by atoms with Crippen LogP contribution in [0.3, 0.4) is 0 Å². The van der Waals surface area contributed by atoms with Gasteiger partial charge in [-0.25, -0.2) is 4.98 Å². The number of aromatic nitrogens is 1. The van der Waals surface area contributed by atoms with Crippen LogP contribution in [0.5, 0.6) is 0 Å². The summed E-state index contributed by atoms with van der Waals surface area (Å²) in [5.41, 5.74) is 5.51. The SMILES string of the molecule is Nc1ccc(SC[C@@H]2CCCN2)cn1. The zero-order chi connectivity index (χ0) is 9.80. The molecular formula is C10H15N3S. The molecule has 0 aromatic carbocycles. The van der Waals surface area contributed by atoms with Crippen LogP contribution in [-0.4, -0.2) is 23.3 Å². The topological polar surface area (TPSA) is 50.9 Å². The van der Waals surface area contributed by atoms with Crippen molar-refractivity contribution in [1.82, 2.24) is 10.3 Å². The van der Waals surface area contributed by atoms with Crippen molar-refractivity contribution in [3.63, 3.8) is 0 Å². The highest BCUT2D eigenvalue weighted by molar-refractivity contribution is 7.99. The van der Waals surface area contributed by atoms with E-state index in [1.54, 1.807) is 0 Å². The molecule has 2 heterocycles. The first-order valence-electron chi connectivity index (χ1n) is 4.92. The summed E-state index contributed by atoms with van der Waals surface area (Å²) in [6, 6.07) is 4.56. The summed E-state index contributed by atoms with van der Waals surface area (Å²) < 4.78 is 0. The number of thioether (sulfide) groups is 1. The molecule has 0 bridgehead atoms. The van der Waals surface area contributed by atoms with Crippen molar-refractivity contribution in [3.05, 3.63) is 18.3 Å². The van der Waals surface area contributed by atoms with E-state index >= 15 is 0 Å². The average Bonchev–Trinajstić information content (AvgIpc) is 2.70. The Balaban J connectivity index is 1.82. The molecule has 1 atom stereocenters. The van der Waals surface area contributed by atoms with Crippen LogP contribution >= 0.6 is 11.8 Å². The van der Waals surface area contributed by atoms with Crippen LogP contribution in [0.2, 0.25) is 0 Å². The van der Waals surface area contributed by atoms with E-state index in [1.807, 2.05) is 30.1 Å². The van der Waals surface area contributed by atoms with Gasteiger partial charge in [-0.15, -0.1) is 11.8 Å². The number of nitrogens with one attached hydrogen (secondary N) is 1. The van der Waals surface area contributed by atoms with Crippen molar-refractivity contribution < 1.29 is 0 Å². The standard InChI is InChI=1S/C10H15N3S/c11-10-4-3-9(6-13-10)14-7-8-2-1-5-12-8/h3-4,6,8,12H,1-2,5,7H2,(H2,11,13)/t8-/m0/s1. The van der Waals surface area contributed by atoms with Crippen LogP contribution < -0.4 is 11.1 Å². The smallest absolute Gasteiger partial charge is 0.123 e. The molecule has 76 valence electrons. The highest BCUT2D eigenvalue weighted by atomic mass is 32.2. The Morgan fingerprint density at radius 3 is 3.14 bits per heavy atom. The van der Waals surface area contributed by atoms with Gasteiger partial charge in [0, 0.05) is 22.9 Å². The molecule has 0 saturated carbocycles. The Morgan fingerprint density at radius 1 is 1.57 bits per heavy atom. The fraction of sp³-hybridized carbons (Fsp3) is 0.500. The third kappa shape index (κ3) is 2.62. The van der Waals surface area contributed by atoms with Gasteiger partial charge in [0.2, 0.25) is 0 Å². The molecule has 3 N–H and O–H groups in total. The minimum Gasteiger partial charge on any atom is -0.384 e. The summed E-state index contributed by atoms with van der Waals surface area (Å²) in [7, 11) is 0. The number of nitrogen functional groups attached to an aromatic ring is 1. The molecule has 0 aliphatic carbocycles. The highest BCUT2D eigenvalue weighted by Crippen LogP contribution is 2.20. The Hall–Kier alpha value is -0.740. The lowest BCUT2D eigenvalue weighted by Crippen LogP contribution is -2.23. The second-order valence-corrected chi connectivity index (χ2v) is 4.62. The van der Waals surface area contributed by atoms with Gasteiger partial charge in [0.05, 0.1) is 0 Å². The number of anilines is 1. The second-order valence-electron chi connectivity index (χ2n) is 3.52. The van der Waals surface area contributed by atoms with Crippen LogP contribution in [0.15, 0.2) is 23.2 Å². The monoisotopic (exact) mass is 209 g/mol. The zero-order valence-corrected chi connectivity index (χ0v) is 8.89. The summed E-state index contributed by atoms with van der Waals surface area (Å²) >= 11 is 1.85. The molecule has 1 aliphatic heterocycles. The number of nitrogens with zero attached hydrogens (tertiary/aromatic N) is 1. The number of nitrogens with two attached hydrogens (primary N) is 1. The molecule has 1 aromatic heterocycles. The van der Waals surface area contributed by atoms with E-state index < -0.39 is 0 Å². The maximum absolute atomic E-state index is 5.51. The predicted molar refractivity (Wildman–Crippen MR) is 60.4 cm³/mol. The Morgan fingerprint density at radius 2 is 2.50 bits per heavy atom. The van der Waals surface area contributed by atoms with Crippen LogP contribution in [0.25, 0.3) is 0 Å². The average molecular weight is 209 g/mol. The van der Waals surface area contributed by atoms with E-state index in [0.29, 0.717) is 11.9 Å². The van der Waals surface area contributed by atoms with Gasteiger partial charge in [0.25, 0.3) is 0 Å². The highest BCUT2D eigenvalue weighted by Gasteiger charge is 2.13. The minimum atomic E-state index is 0.591. The first-order chi connectivity index (χ1) is 6.84. The van der Waals surface area contributed by atoms with Crippen molar-refractivity contribution in [2.45, 2.75) is 23.8 Å². The molecule has 0 radical (unpaired) electrons. The van der Waals surface area contributed by atoms with Crippen molar-refractivity contribution in [2.75, 3.05) is 18.0 Å². The minimum absolute atomic E-state index is 0.591. The van der Waals surface area contributed by atoms with Gasteiger partial charge in [-0.05, 0) is 31.5 Å². The molecular weight excluding hydrogens is 194 g/mol. The first kappa shape index (κ1) is 9.80. The summed E-state index contributed by atoms with van der Waals surface area (Å²) in [6.45, 7) is 1.17. The second kappa shape index (κ2) is 4.66. The number of hydrogen-bond acceptors (Lipinski definition) is 4. The van der Waals surface area contributed by atoms with Gasteiger partial charge in [0.1, 0.15) is 5.82 Å². The number of rotatable bonds is 3. The molecule has 1 fully saturated rings. The van der Waals surface area contributed by atoms with E-state index in [4.69, 9.17) is 5.73 Å². The van der Waals surface area contributed by atoms with Crippen LogP contribution in [-0.2, 0) is 0 Å². The fourth-order valence-corrected chi connectivity index (χ4v) is 2.54. The van der Waals surface area contributed by atoms with Gasteiger partial charge in [0.15, 0.2) is 0 Å². The molecule has 1 aliphatic rings. The normalized spacial score (nSPS) is 21.3. The van der Waals surface area contributed by atoms with Gasteiger partial charge in [-0.3, -0.25) is 0 Å². The van der Waals surface area contributed by atoms with E-state index in [0.717, 1.165) is 5.75 Å². The molecule has 4 heteroatoms. The lowest BCUT2D eigenvalue weighted by atomic mass is 10.3. The summed E-state index contributed by atoms with van der Waals surface area (Å²) in [5, 5.41) is 3.47. The van der Waals surface area contributed by atoms with Crippen molar-refractivity contribution in [1.29, 1.82) is 0 Å². The van der Waals surface area contributed by atoms with E-state index in [9.17, 15) is 0 Å². The number of pyridine rings is 1. The Kier molecular flexibility index (Phi) is 3.26. The number of hydrogen-bond donors (Lipinski definition) is 2. The van der Waals surface area contributed by atoms with Gasteiger partial charge in [-0.2, -0.15) is 0 Å². The zero-order valence-electron chi connectivity index (χ0n) is 8.07. The molecule has 0 amide bonds. The molecule has 14 heavy (non-hydrogen) atoms. The lowest BCUT2D eigenvalue weighted by molar-refractivity contribution is 0.674. The molecule has 1 aromatic rings. The maximum Gasteiger partial charge on any atom is 0.123 e. The molecule has 3 nitrogen and oxygen atoms in total. The maximum atomic E-state index is 5.51. The third-order valence-corrected chi connectivity index (χ3v) is 3.52. The van der Waals surface area contributed by atoms with E-state index in [1.165, 1.54) is 24.3 Å². The first-order valence-corrected chi connectivity index (χ1v) is 5.91. The van der Waals surface area contributed by atoms with E-state index in [-0.39, 0.29) is 0 Å². The van der Waals surface area contributed by atoms with Gasteiger partial charge >= 0.3 is 0 Å². The van der Waals surface area contributed by atoms with Gasteiger partial charge in [-0.1, -0.05) is 0 Å². The third-order valence-electron chi connectivity index (χ3n) is 2.37. The van der Waals surface area contributed by atoms with Crippen LogP contribution in [0.1, 0.15) is 12.8 Å². The lowest BCUT2D eigenvalue weighted by Gasteiger charge is -2.08. The molecule has 0 unspecified atom stereocenters. The van der Waals surface area contributed by atoms with Crippen LogP contribution in [0.4, 0.5) is 5.82 Å². The summed E-state index contributed by atoms with van der Waals surface area (Å²) in [6.07, 6.45) is 4.45. The molecule has 1 saturated heterocycles. The Labute approximate surface area is 88.5 Å². The summed E-state index contributed by atoms with van der Waals surface area (Å²) in [4.78, 5) is 5.26. The quantitative estimate of drug-likeness (QED) is 0.741. The van der Waals surface area contributed by atoms with Gasteiger partial charge < -0.3 is 11.1 Å². The molecule has 0 spiro atoms. The van der Waals surface area contributed by atoms with E-state index in [2.05, 4.69) is 10.3 Å². The summed E-state index contributed by atoms with van der Waals surface area (Å²) in [5.74, 6) is 1.72. The van der Waals surface area contributed by atoms with Crippen molar-refractivity contribution in [3.8, 4) is 0 Å². The molecule has 2 rings (SSSR count). The Bertz CT molecular complexity index is 280.